The molecule has 2 aromatic rings. The van der Waals surface area contributed by atoms with Crippen molar-refractivity contribution in [2.45, 2.75) is 39.8 Å². The van der Waals surface area contributed by atoms with Crippen molar-refractivity contribution in [1.82, 2.24) is 14.5 Å². The van der Waals surface area contributed by atoms with E-state index >= 15 is 0 Å². The number of hydrogen-bond acceptors (Lipinski definition) is 3. The lowest BCUT2D eigenvalue weighted by Crippen LogP contribution is -2.28. The first-order valence-corrected chi connectivity index (χ1v) is 7.31. The molecule has 2 rings (SSSR count). The predicted molar refractivity (Wildman–Crippen MR) is 83.8 cm³/mol. The number of carboxylic acid groups (broad SMARTS) is 1. The number of para-hydroxylation sites is 1. The molecule has 1 heterocycles. The van der Waals surface area contributed by atoms with E-state index in [1.54, 1.807) is 12.1 Å². The van der Waals surface area contributed by atoms with E-state index in [9.17, 15) is 9.90 Å². The van der Waals surface area contributed by atoms with Crippen LogP contribution < -0.4 is 0 Å². The molecule has 5 nitrogen and oxygen atoms in total. The third kappa shape index (κ3) is 3.24. The molecule has 1 N–H and O–H groups in total. The molecule has 0 aliphatic carbocycles. The monoisotopic (exact) mass is 289 g/mol. The molecular formula is C16H23N3O2. The van der Waals surface area contributed by atoms with Gasteiger partial charge >= 0.3 is 5.97 Å². The molecule has 0 spiro atoms. The van der Waals surface area contributed by atoms with Crippen molar-refractivity contribution >= 4 is 17.0 Å². The number of imidazole rings is 1. The van der Waals surface area contributed by atoms with Crippen LogP contribution in [-0.2, 0) is 6.54 Å². The number of fused-ring (bicyclic) bond motifs is 1. The molecule has 0 saturated heterocycles. The summed E-state index contributed by atoms with van der Waals surface area (Å²) in [6.07, 6.45) is 1.01. The summed E-state index contributed by atoms with van der Waals surface area (Å²) in [5, 5.41) is 9.24. The molecule has 0 radical (unpaired) electrons. The van der Waals surface area contributed by atoms with Gasteiger partial charge in [-0.2, -0.15) is 0 Å². The van der Waals surface area contributed by atoms with Gasteiger partial charge in [-0.1, -0.05) is 6.07 Å². The fourth-order valence-corrected chi connectivity index (χ4v) is 2.45. The summed E-state index contributed by atoms with van der Waals surface area (Å²) >= 11 is 0. The second-order valence-electron chi connectivity index (χ2n) is 5.72. The maximum Gasteiger partial charge on any atom is 0.337 e. The molecular weight excluding hydrogens is 266 g/mol. The maximum absolute atomic E-state index is 11.3. The minimum atomic E-state index is -0.926. The van der Waals surface area contributed by atoms with Crippen molar-refractivity contribution in [3.05, 3.63) is 29.6 Å². The van der Waals surface area contributed by atoms with Crippen LogP contribution in [0.15, 0.2) is 18.2 Å². The zero-order valence-corrected chi connectivity index (χ0v) is 13.1. The standard InChI is InChI=1S/C16H23N3O2/c1-11(2)18(4)9-6-10-19-12(3)17-15-13(16(20)21)7-5-8-14(15)19/h5,7-8,11H,6,9-10H2,1-4H3,(H,20,21). The van der Waals surface area contributed by atoms with Gasteiger partial charge < -0.3 is 14.6 Å². The highest BCUT2D eigenvalue weighted by molar-refractivity contribution is 6.01. The first-order valence-electron chi connectivity index (χ1n) is 7.31. The van der Waals surface area contributed by atoms with Crippen LogP contribution in [0.1, 0.15) is 36.5 Å². The molecule has 0 saturated carbocycles. The lowest BCUT2D eigenvalue weighted by atomic mass is 10.2. The van der Waals surface area contributed by atoms with E-state index < -0.39 is 5.97 Å². The summed E-state index contributed by atoms with van der Waals surface area (Å²) in [7, 11) is 2.12. The van der Waals surface area contributed by atoms with Crippen molar-refractivity contribution in [3.63, 3.8) is 0 Å². The van der Waals surface area contributed by atoms with Crippen LogP contribution >= 0.6 is 0 Å². The molecule has 0 aliphatic rings. The number of rotatable bonds is 6. The number of aromatic carboxylic acids is 1. The average molecular weight is 289 g/mol. The van der Waals surface area contributed by atoms with Gasteiger partial charge in [0.15, 0.2) is 0 Å². The average Bonchev–Trinajstić information content (AvgIpc) is 2.74. The first kappa shape index (κ1) is 15.5. The molecule has 0 amide bonds. The number of carboxylic acids is 1. The van der Waals surface area contributed by atoms with Gasteiger partial charge in [-0.15, -0.1) is 0 Å². The van der Waals surface area contributed by atoms with Crippen molar-refractivity contribution < 1.29 is 9.90 Å². The Morgan fingerprint density at radius 1 is 1.43 bits per heavy atom. The van der Waals surface area contributed by atoms with E-state index in [2.05, 4.69) is 35.3 Å². The van der Waals surface area contributed by atoms with E-state index in [0.29, 0.717) is 11.6 Å². The zero-order valence-electron chi connectivity index (χ0n) is 13.1. The summed E-state index contributed by atoms with van der Waals surface area (Å²) in [6.45, 7) is 8.14. The fourth-order valence-electron chi connectivity index (χ4n) is 2.45. The van der Waals surface area contributed by atoms with Crippen LogP contribution in [0.2, 0.25) is 0 Å². The van der Waals surface area contributed by atoms with Gasteiger partial charge in [-0.25, -0.2) is 9.78 Å². The van der Waals surface area contributed by atoms with Gasteiger partial charge in [0.2, 0.25) is 0 Å². The van der Waals surface area contributed by atoms with Crippen molar-refractivity contribution in [3.8, 4) is 0 Å². The SMILES string of the molecule is Cc1nc2c(C(=O)O)cccc2n1CCCN(C)C(C)C. The first-order chi connectivity index (χ1) is 9.91. The van der Waals surface area contributed by atoms with Gasteiger partial charge in [0.25, 0.3) is 0 Å². The molecule has 0 fully saturated rings. The van der Waals surface area contributed by atoms with Gasteiger partial charge in [-0.3, -0.25) is 0 Å². The van der Waals surface area contributed by atoms with Crippen molar-refractivity contribution in [2.24, 2.45) is 0 Å². The summed E-state index contributed by atoms with van der Waals surface area (Å²) in [5.41, 5.74) is 1.76. The summed E-state index contributed by atoms with van der Waals surface area (Å²) < 4.78 is 2.11. The molecule has 0 unspecified atom stereocenters. The van der Waals surface area contributed by atoms with E-state index in [1.165, 1.54) is 0 Å². The maximum atomic E-state index is 11.3. The smallest absolute Gasteiger partial charge is 0.337 e. The molecule has 1 aromatic heterocycles. The highest BCUT2D eigenvalue weighted by Crippen LogP contribution is 2.20. The van der Waals surface area contributed by atoms with Crippen LogP contribution in [0.4, 0.5) is 0 Å². The van der Waals surface area contributed by atoms with Gasteiger partial charge in [0.1, 0.15) is 11.3 Å². The van der Waals surface area contributed by atoms with E-state index in [1.807, 2.05) is 13.0 Å². The largest absolute Gasteiger partial charge is 0.478 e. The molecule has 0 bridgehead atoms. The Morgan fingerprint density at radius 3 is 2.76 bits per heavy atom. The molecule has 0 aliphatic heterocycles. The minimum absolute atomic E-state index is 0.272. The van der Waals surface area contributed by atoms with Crippen molar-refractivity contribution in [1.29, 1.82) is 0 Å². The van der Waals surface area contributed by atoms with E-state index in [-0.39, 0.29) is 5.56 Å². The van der Waals surface area contributed by atoms with Crippen LogP contribution in [0.3, 0.4) is 0 Å². The second kappa shape index (κ2) is 6.26. The predicted octanol–water partition coefficient (Wildman–Crippen LogP) is 2.77. The summed E-state index contributed by atoms with van der Waals surface area (Å²) in [4.78, 5) is 18.0. The Morgan fingerprint density at radius 2 is 2.14 bits per heavy atom. The third-order valence-electron chi connectivity index (χ3n) is 3.97. The Balaban J connectivity index is 2.23. The van der Waals surface area contributed by atoms with Gasteiger partial charge in [0, 0.05) is 12.6 Å². The van der Waals surface area contributed by atoms with E-state index in [0.717, 1.165) is 30.9 Å². The molecule has 1 aromatic carbocycles. The Hall–Kier alpha value is -1.88. The van der Waals surface area contributed by atoms with Crippen LogP contribution in [0.5, 0.6) is 0 Å². The van der Waals surface area contributed by atoms with Crippen LogP contribution in [-0.4, -0.2) is 45.2 Å². The number of carbonyl (C=O) groups is 1. The number of aromatic nitrogens is 2. The summed E-state index contributed by atoms with van der Waals surface area (Å²) in [6, 6.07) is 5.86. The fraction of sp³-hybridized carbons (Fsp3) is 0.500. The lowest BCUT2D eigenvalue weighted by Gasteiger charge is -2.21. The third-order valence-corrected chi connectivity index (χ3v) is 3.97. The Bertz CT molecular complexity index is 646. The normalized spacial score (nSPS) is 11.7. The van der Waals surface area contributed by atoms with Crippen LogP contribution in [0, 0.1) is 6.92 Å². The minimum Gasteiger partial charge on any atom is -0.478 e. The van der Waals surface area contributed by atoms with E-state index in [4.69, 9.17) is 0 Å². The molecule has 5 heteroatoms. The molecule has 21 heavy (non-hydrogen) atoms. The number of aryl methyl sites for hydroxylation is 2. The van der Waals surface area contributed by atoms with Gasteiger partial charge in [0.05, 0.1) is 11.1 Å². The lowest BCUT2D eigenvalue weighted by molar-refractivity contribution is 0.0699. The van der Waals surface area contributed by atoms with Crippen LogP contribution in [0.25, 0.3) is 11.0 Å². The second-order valence-corrected chi connectivity index (χ2v) is 5.72. The highest BCUT2D eigenvalue weighted by Gasteiger charge is 2.14. The van der Waals surface area contributed by atoms with Crippen molar-refractivity contribution in [2.75, 3.05) is 13.6 Å². The Labute approximate surface area is 125 Å². The van der Waals surface area contributed by atoms with Gasteiger partial charge in [-0.05, 0) is 52.9 Å². The number of benzene rings is 1. The number of hydrogen-bond donors (Lipinski definition) is 1. The quantitative estimate of drug-likeness (QED) is 0.888. The molecule has 114 valence electrons. The Kier molecular flexibility index (Phi) is 4.63. The number of nitrogens with zero attached hydrogens (tertiary/aromatic N) is 3. The summed E-state index contributed by atoms with van der Waals surface area (Å²) in [5.74, 6) is -0.0595. The molecule has 0 atom stereocenters. The topological polar surface area (TPSA) is 58.4 Å². The highest BCUT2D eigenvalue weighted by atomic mass is 16.4. The zero-order chi connectivity index (χ0) is 15.6.